The van der Waals surface area contributed by atoms with Crippen LogP contribution in [-0.2, 0) is 0 Å². The van der Waals surface area contributed by atoms with Crippen LogP contribution in [0.4, 0.5) is 11.6 Å². The zero-order valence-corrected chi connectivity index (χ0v) is 11.6. The van der Waals surface area contributed by atoms with Crippen molar-refractivity contribution < 1.29 is 0 Å². The smallest absolute Gasteiger partial charge is 0.128 e. The molecule has 0 spiro atoms. The highest BCUT2D eigenvalue weighted by molar-refractivity contribution is 5.45. The number of aromatic nitrogens is 1. The Labute approximate surface area is 110 Å². The van der Waals surface area contributed by atoms with Crippen molar-refractivity contribution in [2.45, 2.75) is 51.5 Å². The maximum atomic E-state index is 4.55. The lowest BCUT2D eigenvalue weighted by Gasteiger charge is -2.30. The van der Waals surface area contributed by atoms with Gasteiger partial charge < -0.3 is 10.6 Å². The molecule has 100 valence electrons. The standard InChI is InChI=1S/C15H25N3/c1-3-13(12-8-5-4-6-9-12)17-15-11-7-10-14(16-2)18-15/h7,10-13H,3-6,8-9H2,1-2H3,(H2,16,17,18). The van der Waals surface area contributed by atoms with Gasteiger partial charge in [-0.3, -0.25) is 0 Å². The molecule has 1 aliphatic rings. The van der Waals surface area contributed by atoms with E-state index >= 15 is 0 Å². The molecule has 0 aliphatic heterocycles. The molecular weight excluding hydrogens is 222 g/mol. The van der Waals surface area contributed by atoms with E-state index < -0.39 is 0 Å². The molecule has 1 heterocycles. The molecule has 1 atom stereocenters. The second-order valence-corrected chi connectivity index (χ2v) is 5.22. The Kier molecular flexibility index (Phi) is 4.85. The second-order valence-electron chi connectivity index (χ2n) is 5.22. The van der Waals surface area contributed by atoms with Gasteiger partial charge in [-0.15, -0.1) is 0 Å². The lowest BCUT2D eigenvalue weighted by atomic mass is 9.83. The quantitative estimate of drug-likeness (QED) is 0.828. The SMILES string of the molecule is CCC(Nc1cccc(NC)n1)C1CCCCC1. The van der Waals surface area contributed by atoms with Gasteiger partial charge in [-0.25, -0.2) is 4.98 Å². The van der Waals surface area contributed by atoms with Crippen molar-refractivity contribution in [1.82, 2.24) is 4.98 Å². The third-order valence-corrected chi connectivity index (χ3v) is 4.00. The summed E-state index contributed by atoms with van der Waals surface area (Å²) in [5.41, 5.74) is 0. The fraction of sp³-hybridized carbons (Fsp3) is 0.667. The maximum Gasteiger partial charge on any atom is 0.128 e. The second kappa shape index (κ2) is 6.62. The van der Waals surface area contributed by atoms with Gasteiger partial charge in [0.25, 0.3) is 0 Å². The average molecular weight is 247 g/mol. The van der Waals surface area contributed by atoms with E-state index in [0.29, 0.717) is 6.04 Å². The van der Waals surface area contributed by atoms with Crippen LogP contribution in [-0.4, -0.2) is 18.1 Å². The average Bonchev–Trinajstić information content (AvgIpc) is 2.46. The molecule has 0 amide bonds. The summed E-state index contributed by atoms with van der Waals surface area (Å²) in [6.45, 7) is 2.27. The Hall–Kier alpha value is -1.25. The highest BCUT2D eigenvalue weighted by atomic mass is 15.1. The normalized spacial score (nSPS) is 18.3. The van der Waals surface area contributed by atoms with Crippen LogP contribution in [0.5, 0.6) is 0 Å². The number of hydrogen-bond donors (Lipinski definition) is 2. The van der Waals surface area contributed by atoms with Crippen LogP contribution >= 0.6 is 0 Å². The predicted molar refractivity (Wildman–Crippen MR) is 78.1 cm³/mol. The van der Waals surface area contributed by atoms with Crippen molar-refractivity contribution in [3.63, 3.8) is 0 Å². The van der Waals surface area contributed by atoms with Gasteiger partial charge in [-0.1, -0.05) is 32.3 Å². The predicted octanol–water partition coefficient (Wildman–Crippen LogP) is 3.89. The summed E-state index contributed by atoms with van der Waals surface area (Å²) in [6.07, 6.45) is 8.13. The van der Waals surface area contributed by atoms with Gasteiger partial charge in [0.15, 0.2) is 0 Å². The number of nitrogens with one attached hydrogen (secondary N) is 2. The van der Waals surface area contributed by atoms with Crippen LogP contribution in [0.1, 0.15) is 45.4 Å². The monoisotopic (exact) mass is 247 g/mol. The summed E-state index contributed by atoms with van der Waals surface area (Å²) < 4.78 is 0. The third-order valence-electron chi connectivity index (χ3n) is 4.00. The van der Waals surface area contributed by atoms with E-state index in [9.17, 15) is 0 Å². The van der Waals surface area contributed by atoms with Gasteiger partial charge in [-0.05, 0) is 37.3 Å². The number of nitrogens with zero attached hydrogens (tertiary/aromatic N) is 1. The molecule has 0 aromatic carbocycles. The molecular formula is C15H25N3. The molecule has 1 aromatic rings. The number of pyridine rings is 1. The number of anilines is 2. The molecule has 0 saturated heterocycles. The van der Waals surface area contributed by atoms with Crippen LogP contribution in [0, 0.1) is 5.92 Å². The Balaban J connectivity index is 1.99. The minimum Gasteiger partial charge on any atom is -0.373 e. The maximum absolute atomic E-state index is 4.55. The molecule has 3 nitrogen and oxygen atoms in total. The van der Waals surface area contributed by atoms with Crippen molar-refractivity contribution in [3.05, 3.63) is 18.2 Å². The topological polar surface area (TPSA) is 37.0 Å². The zero-order chi connectivity index (χ0) is 12.8. The molecule has 1 aliphatic carbocycles. The molecule has 0 bridgehead atoms. The molecule has 2 rings (SSSR count). The fourth-order valence-electron chi connectivity index (χ4n) is 2.93. The summed E-state index contributed by atoms with van der Waals surface area (Å²) in [7, 11) is 1.91. The van der Waals surface area contributed by atoms with E-state index in [0.717, 1.165) is 17.6 Å². The van der Waals surface area contributed by atoms with Gasteiger partial charge in [-0.2, -0.15) is 0 Å². The van der Waals surface area contributed by atoms with Gasteiger partial charge in [0.05, 0.1) is 0 Å². The molecule has 18 heavy (non-hydrogen) atoms. The Morgan fingerprint density at radius 3 is 2.61 bits per heavy atom. The van der Waals surface area contributed by atoms with E-state index in [1.54, 1.807) is 0 Å². The van der Waals surface area contributed by atoms with Crippen molar-refractivity contribution in [3.8, 4) is 0 Å². The van der Waals surface area contributed by atoms with Crippen molar-refractivity contribution >= 4 is 11.6 Å². The van der Waals surface area contributed by atoms with E-state index in [2.05, 4.69) is 34.7 Å². The summed E-state index contributed by atoms with van der Waals surface area (Å²) in [5, 5.41) is 6.71. The summed E-state index contributed by atoms with van der Waals surface area (Å²) in [5.74, 6) is 2.75. The number of rotatable bonds is 5. The van der Waals surface area contributed by atoms with Crippen LogP contribution in [0.15, 0.2) is 18.2 Å². The third kappa shape index (κ3) is 3.37. The van der Waals surface area contributed by atoms with Crippen LogP contribution in [0.25, 0.3) is 0 Å². The first-order valence-corrected chi connectivity index (χ1v) is 7.25. The first-order valence-electron chi connectivity index (χ1n) is 7.25. The summed E-state index contributed by atoms with van der Waals surface area (Å²) in [6, 6.07) is 6.68. The largest absolute Gasteiger partial charge is 0.373 e. The lowest BCUT2D eigenvalue weighted by Crippen LogP contribution is -2.30. The molecule has 1 unspecified atom stereocenters. The van der Waals surface area contributed by atoms with Gasteiger partial charge in [0.2, 0.25) is 0 Å². The molecule has 1 saturated carbocycles. The van der Waals surface area contributed by atoms with Crippen LogP contribution in [0.3, 0.4) is 0 Å². The van der Waals surface area contributed by atoms with Crippen molar-refractivity contribution in [2.75, 3.05) is 17.7 Å². The minimum atomic E-state index is 0.574. The van der Waals surface area contributed by atoms with E-state index in [4.69, 9.17) is 0 Å². The first kappa shape index (κ1) is 13.2. The van der Waals surface area contributed by atoms with Gasteiger partial charge in [0, 0.05) is 13.1 Å². The summed E-state index contributed by atoms with van der Waals surface area (Å²) >= 11 is 0. The lowest BCUT2D eigenvalue weighted by molar-refractivity contribution is 0.312. The Morgan fingerprint density at radius 1 is 1.22 bits per heavy atom. The Bertz CT molecular complexity index is 359. The van der Waals surface area contributed by atoms with E-state index in [1.165, 1.54) is 38.5 Å². The highest BCUT2D eigenvalue weighted by Gasteiger charge is 2.22. The molecule has 1 fully saturated rings. The van der Waals surface area contributed by atoms with Crippen LogP contribution < -0.4 is 10.6 Å². The molecule has 2 N–H and O–H groups in total. The van der Waals surface area contributed by atoms with Crippen LogP contribution in [0.2, 0.25) is 0 Å². The fourth-order valence-corrected chi connectivity index (χ4v) is 2.93. The summed E-state index contributed by atoms with van der Waals surface area (Å²) in [4.78, 5) is 4.55. The van der Waals surface area contributed by atoms with E-state index in [1.807, 2.05) is 13.1 Å². The molecule has 0 radical (unpaired) electrons. The zero-order valence-electron chi connectivity index (χ0n) is 11.6. The van der Waals surface area contributed by atoms with E-state index in [-0.39, 0.29) is 0 Å². The number of hydrogen-bond acceptors (Lipinski definition) is 3. The first-order chi connectivity index (χ1) is 8.83. The Morgan fingerprint density at radius 2 is 1.94 bits per heavy atom. The molecule has 3 heteroatoms. The van der Waals surface area contributed by atoms with Crippen molar-refractivity contribution in [2.24, 2.45) is 5.92 Å². The van der Waals surface area contributed by atoms with Gasteiger partial charge >= 0.3 is 0 Å². The minimum absolute atomic E-state index is 0.574. The van der Waals surface area contributed by atoms with Crippen molar-refractivity contribution in [1.29, 1.82) is 0 Å². The molecule has 1 aromatic heterocycles. The highest BCUT2D eigenvalue weighted by Crippen LogP contribution is 2.29. The van der Waals surface area contributed by atoms with Gasteiger partial charge in [0.1, 0.15) is 11.6 Å².